The molecule has 1 saturated heterocycles. The van der Waals surface area contributed by atoms with Crippen LogP contribution in [0.15, 0.2) is 0 Å². The topological polar surface area (TPSA) is 406 Å². The number of alkyl halides is 9. The molecule has 1 aliphatic rings. The van der Waals surface area contributed by atoms with Crippen LogP contribution in [0.3, 0.4) is 0 Å². The third-order valence-electron chi connectivity index (χ3n) is 8.98. The smallest absolute Gasteiger partial charge is 0.741 e. The van der Waals surface area contributed by atoms with Crippen molar-refractivity contribution in [2.75, 3.05) is 107 Å². The average Bonchev–Trinajstić information content (AvgIpc) is 3.26. The maximum Gasteiger partial charge on any atom is 3.00 e. The molecule has 4 atom stereocenters. The molecule has 42 heteroatoms. The summed E-state index contributed by atoms with van der Waals surface area (Å²) in [6, 6.07) is -3.56. The Balaban J connectivity index is -0.000000870. The van der Waals surface area contributed by atoms with Crippen LogP contribution in [0.5, 0.6) is 0 Å². The van der Waals surface area contributed by atoms with E-state index in [2.05, 4.69) is 21.3 Å². The van der Waals surface area contributed by atoms with Gasteiger partial charge in [-0.1, -0.05) is 0 Å². The van der Waals surface area contributed by atoms with Gasteiger partial charge in [-0.3, -0.25) is 38.8 Å². The summed E-state index contributed by atoms with van der Waals surface area (Å²) in [6.07, 6.45) is 0. The fourth-order valence-electron chi connectivity index (χ4n) is 5.11. The minimum Gasteiger partial charge on any atom is -0.741 e. The Morgan fingerprint density at radius 2 is 0.506 bits per heavy atom. The maximum atomic E-state index is 13.0. The third-order valence-corrected chi connectivity index (χ3v) is 10.7. The number of esters is 4. The van der Waals surface area contributed by atoms with Crippen molar-refractivity contribution in [1.82, 2.24) is 40.9 Å². The number of nitrogens with zero attached hydrogens (tertiary/aromatic N) is 4. The molecule has 0 aromatic heterocycles. The summed E-state index contributed by atoms with van der Waals surface area (Å²) in [5.41, 5.74) is -16.9. The number of ether oxygens (including phenoxy) is 4. The Morgan fingerprint density at radius 3 is 0.597 bits per heavy atom. The molecular weight excluding hydrogens is 1290 g/mol. The van der Waals surface area contributed by atoms with Gasteiger partial charge in [-0.05, 0) is 27.7 Å². The van der Waals surface area contributed by atoms with Gasteiger partial charge in [0, 0.05) is 52.4 Å². The van der Waals surface area contributed by atoms with Gasteiger partial charge in [0.1, 0.15) is 24.2 Å². The Morgan fingerprint density at radius 1 is 0.390 bits per heavy atom. The second-order valence-corrected chi connectivity index (χ2v) is 19.2. The van der Waals surface area contributed by atoms with Crippen molar-refractivity contribution >= 4 is 77.9 Å². The molecule has 4 amide bonds. The summed E-state index contributed by atoms with van der Waals surface area (Å²) < 4.78 is 196. The van der Waals surface area contributed by atoms with Gasteiger partial charge >= 0.3 is 89.8 Å². The molecule has 0 aromatic carbocycles. The first-order valence-electron chi connectivity index (χ1n) is 20.7. The van der Waals surface area contributed by atoms with Gasteiger partial charge < -0.3 is 53.9 Å². The number of hydrogen-bond donors (Lipinski definition) is 4. The molecule has 29 nitrogen and oxygen atoms in total. The molecule has 0 bridgehead atoms. The van der Waals surface area contributed by atoms with Crippen molar-refractivity contribution in [1.29, 1.82) is 0 Å². The summed E-state index contributed by atoms with van der Waals surface area (Å²) in [7, 11) is -13.4. The predicted octanol–water partition coefficient (Wildman–Crippen LogP) is -3.93. The van der Waals surface area contributed by atoms with E-state index < -0.39 is 119 Å². The molecule has 1 rings (SSSR count). The number of carbonyl (C=O) groups excluding carboxylic acids is 8. The fourth-order valence-corrected chi connectivity index (χ4v) is 5.11. The van der Waals surface area contributed by atoms with Crippen molar-refractivity contribution < 1.29 is 185 Å². The molecule has 4 N–H and O–H groups in total. The zero-order chi connectivity index (χ0) is 60.4. The molecule has 450 valence electrons. The Labute approximate surface area is 476 Å². The first kappa shape index (κ1) is 79.8. The van der Waals surface area contributed by atoms with E-state index in [0.717, 1.165) is 0 Å². The number of halogens is 9. The second kappa shape index (κ2) is 36.5. The molecule has 1 heterocycles. The summed E-state index contributed by atoms with van der Waals surface area (Å²) in [4.78, 5) is 107. The number of methoxy groups -OCH3 is 4. The third kappa shape index (κ3) is 36.2. The number of amides is 4. The Hall–Kier alpha value is -3.72. The molecule has 0 aromatic rings. The molecule has 77 heavy (non-hydrogen) atoms. The molecule has 1 aliphatic heterocycles. The molecular formula is C35H56EuF9N8O21S3. The van der Waals surface area contributed by atoms with Gasteiger partial charge in [0.15, 0.2) is 30.4 Å². The van der Waals surface area contributed by atoms with E-state index in [1.165, 1.54) is 56.1 Å². The Kier molecular flexibility index (Phi) is 37.8. The quantitative estimate of drug-likeness (QED) is 0.0377. The molecule has 0 radical (unpaired) electrons. The van der Waals surface area contributed by atoms with E-state index in [9.17, 15) is 77.9 Å². The van der Waals surface area contributed by atoms with Crippen LogP contribution < -0.4 is 21.3 Å². The van der Waals surface area contributed by atoms with Gasteiger partial charge in [-0.15, -0.1) is 0 Å². The van der Waals surface area contributed by atoms with Crippen LogP contribution in [-0.2, 0) is 87.7 Å². The zero-order valence-electron chi connectivity index (χ0n) is 41.7. The monoisotopic (exact) mass is 1340 g/mol. The van der Waals surface area contributed by atoms with Crippen molar-refractivity contribution in [2.24, 2.45) is 0 Å². The fraction of sp³-hybridized carbons (Fsp3) is 0.771. The van der Waals surface area contributed by atoms with E-state index in [1.54, 1.807) is 0 Å². The zero-order valence-corrected chi connectivity index (χ0v) is 46.5. The molecule has 0 unspecified atom stereocenters. The molecule has 0 spiro atoms. The largest absolute Gasteiger partial charge is 3.00 e. The SMILES string of the molecule is COC(=O)[C@H](C)NC(=O)CN1CCN(CC(=O)N[C@@H](C)C(=O)OC)CCN(CC(=O)N[C@@H](C)C(=O)OC)CCN(CC(=O)N[C@@H](C)C(=O)OC)CC1.O=S(=O)([O-])C(F)(F)F.O=S(=O)([O-])C(F)(F)F.O=S(=O)([O-])C(F)(F)F.[Eu+3]. The summed E-state index contributed by atoms with van der Waals surface area (Å²) in [5, 5.41) is 10.4. The number of hydrogen-bond acceptors (Lipinski definition) is 25. The van der Waals surface area contributed by atoms with Gasteiger partial charge in [0.25, 0.3) is 0 Å². The number of nitrogens with one attached hydrogen (secondary N) is 4. The normalized spacial score (nSPS) is 16.3. The minimum absolute atomic E-state index is 0. The van der Waals surface area contributed by atoms with E-state index in [-0.39, 0.29) is 128 Å². The predicted molar refractivity (Wildman–Crippen MR) is 231 cm³/mol. The van der Waals surface area contributed by atoms with Crippen LogP contribution in [0.4, 0.5) is 39.5 Å². The first-order chi connectivity index (χ1) is 34.3. The van der Waals surface area contributed by atoms with Gasteiger partial charge in [0.2, 0.25) is 23.6 Å². The van der Waals surface area contributed by atoms with Crippen LogP contribution in [0, 0.1) is 49.4 Å². The van der Waals surface area contributed by atoms with E-state index >= 15 is 0 Å². The van der Waals surface area contributed by atoms with Crippen LogP contribution in [0.1, 0.15) is 27.7 Å². The Bertz CT molecular complexity index is 1970. The van der Waals surface area contributed by atoms with E-state index in [1.807, 2.05) is 19.6 Å². The van der Waals surface area contributed by atoms with Crippen LogP contribution >= 0.6 is 0 Å². The average molecular weight is 1340 g/mol. The van der Waals surface area contributed by atoms with Crippen molar-refractivity contribution in [3.8, 4) is 0 Å². The van der Waals surface area contributed by atoms with Crippen molar-refractivity contribution in [3.05, 3.63) is 0 Å². The number of rotatable bonds is 16. The van der Waals surface area contributed by atoms with Gasteiger partial charge in [-0.2, -0.15) is 39.5 Å². The standard InChI is InChI=1S/C32H56N8O12.3CHF3O3S.Eu/c1-21(29(45)49-5)33-25(41)17-37-9-11-38(18-26(42)34-22(2)30(46)50-6)13-15-40(20-28(44)36-24(4)32(48)52-8)16-14-39(12-10-37)19-27(43)35-23(3)31(47)51-7;3*2-1(3,4)8(5,6)7;/h21-24H,9-20H2,1-8H3,(H,33,41)(H,34,42)(H,35,43)(H,36,44);3*(H,5,6,7);/q;;;;+3/p-3/t21-,22-,23-,24-;;;;/m0..../s1. The minimum atomic E-state index is -6.09. The second-order valence-electron chi connectivity index (χ2n) is 15.1. The number of carbonyl (C=O) groups is 8. The molecule has 0 saturated carbocycles. The van der Waals surface area contributed by atoms with Gasteiger partial charge in [0.05, 0.1) is 54.6 Å². The van der Waals surface area contributed by atoms with Gasteiger partial charge in [-0.25, -0.2) is 44.4 Å². The van der Waals surface area contributed by atoms with Crippen molar-refractivity contribution in [3.63, 3.8) is 0 Å². The van der Waals surface area contributed by atoms with E-state index in [0.29, 0.717) is 0 Å². The molecule has 1 fully saturated rings. The van der Waals surface area contributed by atoms with Crippen LogP contribution in [0.25, 0.3) is 0 Å². The molecule has 0 aliphatic carbocycles. The van der Waals surface area contributed by atoms with Crippen molar-refractivity contribution in [2.45, 2.75) is 68.4 Å². The first-order valence-corrected chi connectivity index (χ1v) is 24.9. The van der Waals surface area contributed by atoms with E-state index in [4.69, 9.17) is 57.9 Å². The van der Waals surface area contributed by atoms with Crippen LogP contribution in [0.2, 0.25) is 0 Å². The summed E-state index contributed by atoms with van der Waals surface area (Å²) >= 11 is 0. The van der Waals surface area contributed by atoms with Crippen LogP contribution in [-0.4, -0.2) is 254 Å². The summed E-state index contributed by atoms with van der Waals surface area (Å²) in [5.74, 6) is -4.25. The summed E-state index contributed by atoms with van der Waals surface area (Å²) in [6.45, 7) is 7.69. The maximum absolute atomic E-state index is 13.0.